The summed E-state index contributed by atoms with van der Waals surface area (Å²) in [5.74, 6) is 1.22. The van der Waals surface area contributed by atoms with Gasteiger partial charge in [0.1, 0.15) is 0 Å². The fourth-order valence-corrected chi connectivity index (χ4v) is 1.50. The highest BCUT2D eigenvalue weighted by molar-refractivity contribution is 5.66. The predicted octanol–water partition coefficient (Wildman–Crippen LogP) is 2.85. The van der Waals surface area contributed by atoms with Gasteiger partial charge in [0, 0.05) is 11.1 Å². The second kappa shape index (κ2) is 3.42. The minimum Gasteiger partial charge on any atom is -0.381 e. The van der Waals surface area contributed by atoms with E-state index in [1.54, 1.807) is 0 Å². The standard InChI is InChI=1S/C12H14N2O/c1-7-4-5-10(6-8(7)2)11-9(3)12(13)14-15-11/h4-6H,1-3H3,(H2,13,14). The van der Waals surface area contributed by atoms with Gasteiger partial charge in [0.25, 0.3) is 0 Å². The first-order chi connectivity index (χ1) is 7.09. The Kier molecular flexibility index (Phi) is 2.23. The Hall–Kier alpha value is -1.77. The Morgan fingerprint density at radius 3 is 2.40 bits per heavy atom. The van der Waals surface area contributed by atoms with E-state index in [0.717, 1.165) is 16.9 Å². The van der Waals surface area contributed by atoms with Crippen molar-refractivity contribution in [2.75, 3.05) is 5.73 Å². The zero-order chi connectivity index (χ0) is 11.0. The Morgan fingerprint density at radius 2 is 1.87 bits per heavy atom. The summed E-state index contributed by atoms with van der Waals surface area (Å²) >= 11 is 0. The van der Waals surface area contributed by atoms with Crippen molar-refractivity contribution >= 4 is 5.82 Å². The molecule has 2 aromatic rings. The van der Waals surface area contributed by atoms with E-state index in [2.05, 4.69) is 31.1 Å². The number of nitrogens with two attached hydrogens (primary N) is 1. The monoisotopic (exact) mass is 202 g/mol. The van der Waals surface area contributed by atoms with Gasteiger partial charge in [-0.15, -0.1) is 0 Å². The number of aromatic nitrogens is 1. The molecule has 1 aromatic carbocycles. The fourth-order valence-electron chi connectivity index (χ4n) is 1.50. The molecule has 0 unspecified atom stereocenters. The lowest BCUT2D eigenvalue weighted by Crippen LogP contribution is -1.87. The van der Waals surface area contributed by atoms with Crippen molar-refractivity contribution in [1.29, 1.82) is 0 Å². The molecule has 3 heteroatoms. The Balaban J connectivity index is 2.55. The molecule has 0 bridgehead atoms. The average molecular weight is 202 g/mol. The normalized spacial score (nSPS) is 10.6. The zero-order valence-electron chi connectivity index (χ0n) is 9.16. The van der Waals surface area contributed by atoms with Gasteiger partial charge in [-0.3, -0.25) is 0 Å². The van der Waals surface area contributed by atoms with E-state index in [1.807, 2.05) is 13.0 Å². The Bertz CT molecular complexity index is 500. The van der Waals surface area contributed by atoms with Crippen LogP contribution >= 0.6 is 0 Å². The molecule has 0 spiro atoms. The molecular formula is C12H14N2O. The minimum absolute atomic E-state index is 0.461. The van der Waals surface area contributed by atoms with Gasteiger partial charge in [0.15, 0.2) is 11.6 Å². The van der Waals surface area contributed by atoms with E-state index in [1.165, 1.54) is 11.1 Å². The first kappa shape index (κ1) is 9.77. The van der Waals surface area contributed by atoms with Crippen LogP contribution in [-0.4, -0.2) is 5.16 Å². The van der Waals surface area contributed by atoms with Crippen molar-refractivity contribution in [1.82, 2.24) is 5.16 Å². The van der Waals surface area contributed by atoms with E-state index in [-0.39, 0.29) is 0 Å². The fraction of sp³-hybridized carbons (Fsp3) is 0.250. The molecular weight excluding hydrogens is 188 g/mol. The summed E-state index contributed by atoms with van der Waals surface area (Å²) in [5.41, 5.74) is 10.1. The highest BCUT2D eigenvalue weighted by Crippen LogP contribution is 2.28. The summed E-state index contributed by atoms with van der Waals surface area (Å²) in [6.07, 6.45) is 0. The van der Waals surface area contributed by atoms with Crippen molar-refractivity contribution in [3.05, 3.63) is 34.9 Å². The second-order valence-electron chi connectivity index (χ2n) is 3.82. The molecule has 0 amide bonds. The van der Waals surface area contributed by atoms with Crippen molar-refractivity contribution in [3.8, 4) is 11.3 Å². The lowest BCUT2D eigenvalue weighted by atomic mass is 10.0. The largest absolute Gasteiger partial charge is 0.381 e. The molecule has 78 valence electrons. The number of anilines is 1. The van der Waals surface area contributed by atoms with Crippen LogP contribution in [0.5, 0.6) is 0 Å². The third-order valence-corrected chi connectivity index (χ3v) is 2.73. The molecule has 1 aromatic heterocycles. The van der Waals surface area contributed by atoms with Gasteiger partial charge < -0.3 is 10.3 Å². The molecule has 0 aliphatic carbocycles. The number of aryl methyl sites for hydroxylation is 2. The average Bonchev–Trinajstić information content (AvgIpc) is 2.53. The first-order valence-electron chi connectivity index (χ1n) is 4.89. The van der Waals surface area contributed by atoms with Gasteiger partial charge in [-0.25, -0.2) is 0 Å². The maximum atomic E-state index is 5.64. The summed E-state index contributed by atoms with van der Waals surface area (Å²) in [7, 11) is 0. The predicted molar refractivity (Wildman–Crippen MR) is 60.6 cm³/mol. The SMILES string of the molecule is Cc1ccc(-c2onc(N)c2C)cc1C. The van der Waals surface area contributed by atoms with Crippen LogP contribution in [0, 0.1) is 20.8 Å². The highest BCUT2D eigenvalue weighted by Gasteiger charge is 2.11. The number of nitrogens with zero attached hydrogens (tertiary/aromatic N) is 1. The van der Waals surface area contributed by atoms with Gasteiger partial charge in [0.2, 0.25) is 0 Å². The molecule has 2 rings (SSSR count). The van der Waals surface area contributed by atoms with Crippen molar-refractivity contribution < 1.29 is 4.52 Å². The summed E-state index contributed by atoms with van der Waals surface area (Å²) < 4.78 is 5.20. The maximum Gasteiger partial charge on any atom is 0.171 e. The third kappa shape index (κ3) is 1.61. The van der Waals surface area contributed by atoms with Gasteiger partial charge >= 0.3 is 0 Å². The summed E-state index contributed by atoms with van der Waals surface area (Å²) in [4.78, 5) is 0. The lowest BCUT2D eigenvalue weighted by Gasteiger charge is -2.02. The molecule has 0 fully saturated rings. The van der Waals surface area contributed by atoms with Crippen LogP contribution in [0.25, 0.3) is 11.3 Å². The molecule has 0 aliphatic heterocycles. The van der Waals surface area contributed by atoms with E-state index >= 15 is 0 Å². The van der Waals surface area contributed by atoms with Crippen LogP contribution in [0.1, 0.15) is 16.7 Å². The van der Waals surface area contributed by atoms with Crippen molar-refractivity contribution in [2.45, 2.75) is 20.8 Å². The minimum atomic E-state index is 0.461. The van der Waals surface area contributed by atoms with Gasteiger partial charge in [-0.2, -0.15) is 0 Å². The molecule has 0 saturated carbocycles. The molecule has 0 radical (unpaired) electrons. The Labute approximate surface area is 88.9 Å². The number of hydrogen-bond donors (Lipinski definition) is 1. The van der Waals surface area contributed by atoms with E-state index in [0.29, 0.717) is 5.82 Å². The molecule has 0 saturated heterocycles. The number of rotatable bonds is 1. The lowest BCUT2D eigenvalue weighted by molar-refractivity contribution is 0.435. The van der Waals surface area contributed by atoms with E-state index in [9.17, 15) is 0 Å². The molecule has 15 heavy (non-hydrogen) atoms. The number of benzene rings is 1. The second-order valence-corrected chi connectivity index (χ2v) is 3.82. The van der Waals surface area contributed by atoms with Crippen LogP contribution in [0.3, 0.4) is 0 Å². The third-order valence-electron chi connectivity index (χ3n) is 2.73. The number of hydrogen-bond acceptors (Lipinski definition) is 3. The molecule has 0 atom stereocenters. The first-order valence-corrected chi connectivity index (χ1v) is 4.89. The maximum absolute atomic E-state index is 5.64. The summed E-state index contributed by atoms with van der Waals surface area (Å²) in [6, 6.07) is 6.18. The van der Waals surface area contributed by atoms with Crippen LogP contribution in [0.15, 0.2) is 22.7 Å². The van der Waals surface area contributed by atoms with Crippen LogP contribution in [-0.2, 0) is 0 Å². The summed E-state index contributed by atoms with van der Waals surface area (Å²) in [6.45, 7) is 6.07. The number of nitrogen functional groups attached to an aromatic ring is 1. The van der Waals surface area contributed by atoms with Gasteiger partial charge in [-0.05, 0) is 38.0 Å². The molecule has 2 N–H and O–H groups in total. The van der Waals surface area contributed by atoms with E-state index in [4.69, 9.17) is 10.3 Å². The van der Waals surface area contributed by atoms with Crippen molar-refractivity contribution in [3.63, 3.8) is 0 Å². The van der Waals surface area contributed by atoms with Gasteiger partial charge in [-0.1, -0.05) is 17.3 Å². The van der Waals surface area contributed by atoms with Crippen LogP contribution in [0.2, 0.25) is 0 Å². The quantitative estimate of drug-likeness (QED) is 0.773. The smallest absolute Gasteiger partial charge is 0.171 e. The highest BCUT2D eigenvalue weighted by atomic mass is 16.5. The molecule has 3 nitrogen and oxygen atoms in total. The van der Waals surface area contributed by atoms with Crippen LogP contribution in [0.4, 0.5) is 5.82 Å². The molecule has 1 heterocycles. The Morgan fingerprint density at radius 1 is 1.13 bits per heavy atom. The van der Waals surface area contributed by atoms with Crippen molar-refractivity contribution in [2.24, 2.45) is 0 Å². The van der Waals surface area contributed by atoms with E-state index < -0.39 is 0 Å². The summed E-state index contributed by atoms with van der Waals surface area (Å²) in [5, 5.41) is 3.75. The topological polar surface area (TPSA) is 52.0 Å². The molecule has 0 aliphatic rings. The van der Waals surface area contributed by atoms with Crippen LogP contribution < -0.4 is 5.73 Å². The van der Waals surface area contributed by atoms with Gasteiger partial charge in [0.05, 0.1) is 0 Å². The zero-order valence-corrected chi connectivity index (χ0v) is 9.16.